The van der Waals surface area contributed by atoms with Gasteiger partial charge in [0.2, 0.25) is 0 Å². The largest absolute Gasteiger partial charge is 0.333 e. The molecule has 0 spiro atoms. The quantitative estimate of drug-likeness (QED) is 0.286. The van der Waals surface area contributed by atoms with E-state index >= 15 is 0 Å². The number of rotatable bonds is 6. The molecule has 1 unspecified atom stereocenters. The van der Waals surface area contributed by atoms with Crippen LogP contribution in [-0.2, 0) is 27.4 Å². The number of H-pyrrole nitrogens is 1. The van der Waals surface area contributed by atoms with E-state index in [2.05, 4.69) is 9.71 Å². The lowest BCUT2D eigenvalue weighted by atomic mass is 9.97. The number of nitrogens with zero attached hydrogens (tertiary/aromatic N) is 1. The Balaban J connectivity index is 0.000000714. The number of pyridine rings is 1. The Hall–Kier alpha value is -4.35. The first-order chi connectivity index (χ1) is 19.3. The van der Waals surface area contributed by atoms with E-state index in [1.54, 1.807) is 36.5 Å². The van der Waals surface area contributed by atoms with E-state index in [1.165, 1.54) is 13.2 Å². The summed E-state index contributed by atoms with van der Waals surface area (Å²) in [5.41, 5.74) is 3.11. The molecule has 0 aliphatic rings. The van der Waals surface area contributed by atoms with Crippen molar-refractivity contribution in [3.8, 4) is 11.1 Å². The second-order valence-electron chi connectivity index (χ2n) is 9.69. The molecule has 5 rings (SSSR count). The fourth-order valence-corrected chi connectivity index (χ4v) is 5.09. The van der Waals surface area contributed by atoms with Gasteiger partial charge in [0.1, 0.15) is 20.8 Å². The number of sulfone groups is 1. The lowest BCUT2D eigenvalue weighted by molar-refractivity contribution is 0.0979. The van der Waals surface area contributed by atoms with Gasteiger partial charge in [-0.3, -0.25) is 19.1 Å². The van der Waals surface area contributed by atoms with Crippen molar-refractivity contribution in [1.29, 1.82) is 0 Å². The van der Waals surface area contributed by atoms with Crippen molar-refractivity contribution >= 4 is 54.2 Å². The molecule has 2 N–H and O–H groups in total. The molecule has 3 aromatic carbocycles. The SMILES string of the molecule is CC(=O)c1c(-c2ccc[nH]c2=O)c2c3ccccc3ccc2n1Cc1cccc(C(=O)NS(C)=O)c1.CS(C)(=O)=O. The number of nitrogens with one attached hydrogen (secondary N) is 2. The Bertz CT molecular complexity index is 1980. The van der Waals surface area contributed by atoms with Crippen LogP contribution in [0.15, 0.2) is 83.8 Å². The topological polar surface area (TPSA) is 135 Å². The van der Waals surface area contributed by atoms with E-state index in [9.17, 15) is 27.0 Å². The van der Waals surface area contributed by atoms with E-state index in [-0.39, 0.29) is 11.3 Å². The number of hydrogen-bond acceptors (Lipinski definition) is 6. The molecule has 41 heavy (non-hydrogen) atoms. The van der Waals surface area contributed by atoms with Gasteiger partial charge in [-0.25, -0.2) is 12.6 Å². The summed E-state index contributed by atoms with van der Waals surface area (Å²) in [5.74, 6) is -0.617. The maximum atomic E-state index is 13.1. The first-order valence-electron chi connectivity index (χ1n) is 12.5. The van der Waals surface area contributed by atoms with E-state index in [4.69, 9.17) is 0 Å². The van der Waals surface area contributed by atoms with Crippen molar-refractivity contribution in [2.75, 3.05) is 18.8 Å². The zero-order valence-corrected chi connectivity index (χ0v) is 24.6. The highest BCUT2D eigenvalue weighted by Crippen LogP contribution is 2.39. The van der Waals surface area contributed by atoms with Crippen LogP contribution in [0.2, 0.25) is 0 Å². The number of fused-ring (bicyclic) bond motifs is 3. The summed E-state index contributed by atoms with van der Waals surface area (Å²) in [5, 5.41) is 2.76. The van der Waals surface area contributed by atoms with Crippen LogP contribution in [0.3, 0.4) is 0 Å². The number of aromatic nitrogens is 2. The maximum absolute atomic E-state index is 13.1. The third-order valence-electron chi connectivity index (χ3n) is 6.14. The van der Waals surface area contributed by atoms with Gasteiger partial charge in [0.05, 0.1) is 11.2 Å². The average Bonchev–Trinajstić information content (AvgIpc) is 3.22. The third kappa shape index (κ3) is 6.87. The third-order valence-corrected chi connectivity index (χ3v) is 6.61. The van der Waals surface area contributed by atoms with Crippen LogP contribution >= 0.6 is 0 Å². The molecule has 0 saturated heterocycles. The van der Waals surface area contributed by atoms with Crippen molar-refractivity contribution in [3.05, 3.63) is 106 Å². The molecule has 5 aromatic rings. The number of carbonyl (C=O) groups is 2. The number of Topliss-reactive ketones (excluding diaryl/α,β-unsaturated/α-hetero) is 1. The molecule has 1 amide bonds. The lowest BCUT2D eigenvalue weighted by Crippen LogP contribution is -2.24. The Morgan fingerprint density at radius 2 is 1.68 bits per heavy atom. The molecule has 0 bridgehead atoms. The van der Waals surface area contributed by atoms with Crippen LogP contribution in [0.4, 0.5) is 0 Å². The average molecular weight is 592 g/mol. The first-order valence-corrected chi connectivity index (χ1v) is 16.3. The Kier molecular flexibility index (Phi) is 8.69. The van der Waals surface area contributed by atoms with Gasteiger partial charge in [-0.2, -0.15) is 0 Å². The van der Waals surface area contributed by atoms with Crippen molar-refractivity contribution < 1.29 is 22.2 Å². The molecule has 9 nitrogen and oxygen atoms in total. The van der Waals surface area contributed by atoms with Gasteiger partial charge in [-0.15, -0.1) is 0 Å². The summed E-state index contributed by atoms with van der Waals surface area (Å²) >= 11 is 0. The van der Waals surface area contributed by atoms with Crippen LogP contribution in [0, 0.1) is 0 Å². The minimum Gasteiger partial charge on any atom is -0.333 e. The zero-order valence-electron chi connectivity index (χ0n) is 22.9. The smallest absolute Gasteiger partial charge is 0.262 e. The van der Waals surface area contributed by atoms with Gasteiger partial charge in [0.15, 0.2) is 5.78 Å². The van der Waals surface area contributed by atoms with Crippen LogP contribution in [-0.4, -0.2) is 52.6 Å². The molecule has 0 aliphatic carbocycles. The van der Waals surface area contributed by atoms with Crippen molar-refractivity contribution in [3.63, 3.8) is 0 Å². The minimum atomic E-state index is -2.67. The van der Waals surface area contributed by atoms with Crippen molar-refractivity contribution in [2.24, 2.45) is 0 Å². The van der Waals surface area contributed by atoms with E-state index in [0.29, 0.717) is 28.9 Å². The number of ketones is 1. The van der Waals surface area contributed by atoms with Gasteiger partial charge in [-0.1, -0.05) is 42.5 Å². The summed E-state index contributed by atoms with van der Waals surface area (Å²) in [6.45, 7) is 1.79. The minimum absolute atomic E-state index is 0.177. The van der Waals surface area contributed by atoms with E-state index in [1.807, 2.05) is 47.0 Å². The van der Waals surface area contributed by atoms with Gasteiger partial charge in [0.25, 0.3) is 11.5 Å². The summed E-state index contributed by atoms with van der Waals surface area (Å²) in [7, 11) is -4.15. The maximum Gasteiger partial charge on any atom is 0.262 e. The Labute approximate surface area is 239 Å². The molecule has 2 heterocycles. The lowest BCUT2D eigenvalue weighted by Gasteiger charge is -2.12. The monoisotopic (exact) mass is 591 g/mol. The molecule has 0 aliphatic heterocycles. The predicted octanol–water partition coefficient (Wildman–Crippen LogP) is 4.08. The molecule has 2 aromatic heterocycles. The number of aromatic amines is 1. The van der Waals surface area contributed by atoms with Gasteiger partial charge in [0, 0.05) is 60.5 Å². The zero-order chi connectivity index (χ0) is 29.9. The fraction of sp³-hybridized carbons (Fsp3) is 0.167. The van der Waals surface area contributed by atoms with E-state index < -0.39 is 26.7 Å². The molecule has 1 atom stereocenters. The van der Waals surface area contributed by atoms with Gasteiger partial charge < -0.3 is 9.55 Å². The summed E-state index contributed by atoms with van der Waals surface area (Å²) in [6.07, 6.45) is 5.28. The van der Waals surface area contributed by atoms with Gasteiger partial charge in [-0.05, 0) is 46.7 Å². The second kappa shape index (κ2) is 12.0. The van der Waals surface area contributed by atoms with Crippen LogP contribution < -0.4 is 10.3 Å². The predicted molar refractivity (Wildman–Crippen MR) is 163 cm³/mol. The standard InChI is InChI=1S/C28H23N3O4S.C2H6O2S/c1-17(32)26-25(22-11-6-14-29-28(22)34)24-21-10-4-3-8-19(21)12-13-23(24)31(26)16-18-7-5-9-20(15-18)27(33)30-36(2)35;1-5(2,3)4/h3-15H,16H2,1-2H3,(H,29,34)(H,30,33);1-2H3. The fourth-order valence-electron chi connectivity index (χ4n) is 4.72. The molecule has 11 heteroatoms. The molecule has 0 saturated carbocycles. The summed E-state index contributed by atoms with van der Waals surface area (Å²) in [6, 6.07) is 22.3. The van der Waals surface area contributed by atoms with Crippen molar-refractivity contribution in [2.45, 2.75) is 13.5 Å². The molecule has 212 valence electrons. The number of hydrogen-bond donors (Lipinski definition) is 2. The summed E-state index contributed by atoms with van der Waals surface area (Å²) < 4.78 is 35.0. The van der Waals surface area contributed by atoms with Gasteiger partial charge >= 0.3 is 0 Å². The number of amides is 1. The second-order valence-corrected chi connectivity index (χ2v) is 13.1. The Morgan fingerprint density at radius 1 is 0.976 bits per heavy atom. The normalized spacial score (nSPS) is 12.0. The first kappa shape index (κ1) is 29.6. The molecule has 0 fully saturated rings. The van der Waals surface area contributed by atoms with E-state index in [0.717, 1.165) is 39.8 Å². The van der Waals surface area contributed by atoms with Crippen molar-refractivity contribution in [1.82, 2.24) is 14.3 Å². The highest BCUT2D eigenvalue weighted by Gasteiger charge is 2.25. The number of benzene rings is 3. The van der Waals surface area contributed by atoms with Crippen LogP contribution in [0.5, 0.6) is 0 Å². The molecule has 0 radical (unpaired) electrons. The summed E-state index contributed by atoms with van der Waals surface area (Å²) in [4.78, 5) is 41.2. The number of carbonyl (C=O) groups excluding carboxylic acids is 2. The Morgan fingerprint density at radius 3 is 2.34 bits per heavy atom. The highest BCUT2D eigenvalue weighted by atomic mass is 32.2. The van der Waals surface area contributed by atoms with Crippen LogP contribution in [0.1, 0.15) is 33.3 Å². The molecular weight excluding hydrogens is 562 g/mol. The van der Waals surface area contributed by atoms with Crippen LogP contribution in [0.25, 0.3) is 32.8 Å². The highest BCUT2D eigenvalue weighted by molar-refractivity contribution is 7.89. The molecular formula is C30H29N3O6S2.